The van der Waals surface area contributed by atoms with E-state index < -0.39 is 0 Å². The number of hydrogen-bond acceptors (Lipinski definition) is 4. The van der Waals surface area contributed by atoms with Gasteiger partial charge in [-0.3, -0.25) is 9.59 Å². The highest BCUT2D eigenvalue weighted by molar-refractivity contribution is 7.99. The lowest BCUT2D eigenvalue weighted by atomic mass is 9.75. The topological polar surface area (TPSA) is 34.1 Å². The predicted molar refractivity (Wildman–Crippen MR) is 223 cm³/mol. The van der Waals surface area contributed by atoms with Gasteiger partial charge in [0.2, 0.25) is 0 Å². The SMILES string of the molecule is CCCCCC1CCC(c2ccc(-c3ccc(Sc4cccc5c4C(=O)c4cccc(Sc6ccc(C(C)(C)C(C)C)cc6)c4C5=O)cc3)cc2)CC1. The highest BCUT2D eigenvalue weighted by atomic mass is 32.2. The van der Waals surface area contributed by atoms with Crippen LogP contribution in [0.25, 0.3) is 11.1 Å². The molecule has 0 bridgehead atoms. The molecule has 1 saturated carbocycles. The summed E-state index contributed by atoms with van der Waals surface area (Å²) in [6.45, 7) is 11.3. The van der Waals surface area contributed by atoms with Crippen molar-refractivity contribution in [1.82, 2.24) is 0 Å². The van der Waals surface area contributed by atoms with Crippen LogP contribution in [-0.4, -0.2) is 11.6 Å². The molecular formula is C49H52O2S2. The van der Waals surface area contributed by atoms with Gasteiger partial charge in [0.1, 0.15) is 0 Å². The van der Waals surface area contributed by atoms with Crippen LogP contribution in [0.2, 0.25) is 0 Å². The van der Waals surface area contributed by atoms with E-state index in [-0.39, 0.29) is 17.0 Å². The zero-order valence-corrected chi connectivity index (χ0v) is 33.5. The van der Waals surface area contributed by atoms with Crippen molar-refractivity contribution < 1.29 is 9.59 Å². The molecule has 0 amide bonds. The van der Waals surface area contributed by atoms with E-state index in [0.717, 1.165) is 25.5 Å². The third kappa shape index (κ3) is 8.01. The summed E-state index contributed by atoms with van der Waals surface area (Å²) in [4.78, 5) is 32.0. The molecule has 7 rings (SSSR count). The van der Waals surface area contributed by atoms with Crippen LogP contribution in [0.15, 0.2) is 129 Å². The Morgan fingerprint density at radius 3 is 1.60 bits per heavy atom. The second-order valence-electron chi connectivity index (χ2n) is 16.0. The van der Waals surface area contributed by atoms with E-state index in [1.54, 1.807) is 35.7 Å². The Balaban J connectivity index is 1.04. The molecule has 0 atom stereocenters. The van der Waals surface area contributed by atoms with Crippen molar-refractivity contribution >= 4 is 35.1 Å². The fourth-order valence-electron chi connectivity index (χ4n) is 8.02. The molecule has 0 heterocycles. The fourth-order valence-corrected chi connectivity index (χ4v) is 9.97. The van der Waals surface area contributed by atoms with Gasteiger partial charge in [-0.15, -0.1) is 0 Å². The van der Waals surface area contributed by atoms with Gasteiger partial charge in [-0.1, -0.05) is 157 Å². The Kier molecular flexibility index (Phi) is 11.5. The van der Waals surface area contributed by atoms with Gasteiger partial charge in [0.25, 0.3) is 0 Å². The maximum atomic E-state index is 14.2. The van der Waals surface area contributed by atoms with E-state index >= 15 is 0 Å². The Labute approximate surface area is 325 Å². The van der Waals surface area contributed by atoms with Crippen molar-refractivity contribution in [2.45, 2.75) is 117 Å². The van der Waals surface area contributed by atoms with Crippen LogP contribution in [0, 0.1) is 11.8 Å². The van der Waals surface area contributed by atoms with Crippen LogP contribution in [0.4, 0.5) is 0 Å². The lowest BCUT2D eigenvalue weighted by Gasteiger charge is -2.30. The van der Waals surface area contributed by atoms with Crippen LogP contribution >= 0.6 is 23.5 Å². The summed E-state index contributed by atoms with van der Waals surface area (Å²) in [5, 5.41) is 0. The zero-order chi connectivity index (χ0) is 37.1. The van der Waals surface area contributed by atoms with Crippen LogP contribution in [0.5, 0.6) is 0 Å². The third-order valence-corrected chi connectivity index (χ3v) is 14.3. The van der Waals surface area contributed by atoms with E-state index in [4.69, 9.17) is 0 Å². The molecule has 0 saturated heterocycles. The fraction of sp³-hybridized carbons (Fsp3) is 0.347. The molecule has 0 radical (unpaired) electrons. The number of carbonyl (C=O) groups excluding carboxylic acids is 2. The molecule has 2 aliphatic rings. The number of ketones is 2. The highest BCUT2D eigenvalue weighted by Crippen LogP contribution is 2.43. The van der Waals surface area contributed by atoms with E-state index in [1.165, 1.54) is 73.6 Å². The van der Waals surface area contributed by atoms with Crippen molar-refractivity contribution in [2.24, 2.45) is 11.8 Å². The molecule has 2 nitrogen and oxygen atoms in total. The summed E-state index contributed by atoms with van der Waals surface area (Å²) >= 11 is 3.10. The Morgan fingerprint density at radius 1 is 0.623 bits per heavy atom. The smallest absolute Gasteiger partial charge is 0.195 e. The number of rotatable bonds is 12. The van der Waals surface area contributed by atoms with Gasteiger partial charge in [0.15, 0.2) is 11.6 Å². The maximum absolute atomic E-state index is 14.2. The van der Waals surface area contributed by atoms with Gasteiger partial charge in [-0.25, -0.2) is 0 Å². The van der Waals surface area contributed by atoms with Crippen molar-refractivity contribution in [3.63, 3.8) is 0 Å². The molecule has 272 valence electrons. The average molecular weight is 737 g/mol. The van der Waals surface area contributed by atoms with Gasteiger partial charge in [0.05, 0.1) is 0 Å². The minimum Gasteiger partial charge on any atom is -0.289 e. The molecular weight excluding hydrogens is 685 g/mol. The second kappa shape index (κ2) is 16.2. The summed E-state index contributed by atoms with van der Waals surface area (Å²) in [5.74, 6) is 1.95. The van der Waals surface area contributed by atoms with Crippen molar-refractivity contribution in [3.05, 3.63) is 143 Å². The minimum atomic E-state index is -0.0872. The zero-order valence-electron chi connectivity index (χ0n) is 31.9. The van der Waals surface area contributed by atoms with E-state index in [1.807, 2.05) is 24.3 Å². The van der Waals surface area contributed by atoms with Crippen molar-refractivity contribution in [2.75, 3.05) is 0 Å². The Morgan fingerprint density at radius 2 is 1.11 bits per heavy atom. The van der Waals surface area contributed by atoms with Crippen LogP contribution in [-0.2, 0) is 5.41 Å². The molecule has 0 spiro atoms. The molecule has 2 aliphatic carbocycles. The first kappa shape index (κ1) is 37.5. The molecule has 0 unspecified atom stereocenters. The second-order valence-corrected chi connectivity index (χ2v) is 18.2. The molecule has 53 heavy (non-hydrogen) atoms. The normalized spacial score (nSPS) is 17.2. The standard InChI is InChI=1S/C49H52O2S2/c1-6-7-8-11-33-16-18-34(19-17-33)35-20-22-36(23-21-35)37-24-28-39(29-25-37)52-43-14-9-12-41-45(43)47(50)42-13-10-15-44(46(42)48(41)51)53-40-30-26-38(27-31-40)49(4,5)32(2)3/h9-10,12-15,20-34H,6-8,11,16-19H2,1-5H3. The lowest BCUT2D eigenvalue weighted by Crippen LogP contribution is -2.24. The van der Waals surface area contributed by atoms with E-state index in [9.17, 15) is 9.59 Å². The third-order valence-electron chi connectivity index (χ3n) is 12.1. The van der Waals surface area contributed by atoms with Crippen LogP contribution in [0.3, 0.4) is 0 Å². The van der Waals surface area contributed by atoms with Crippen LogP contribution in [0.1, 0.15) is 135 Å². The summed E-state index contributed by atoms with van der Waals surface area (Å²) in [5.41, 5.74) is 7.22. The number of hydrogen-bond donors (Lipinski definition) is 0. The van der Waals surface area contributed by atoms with E-state index in [0.29, 0.717) is 34.1 Å². The van der Waals surface area contributed by atoms with Crippen molar-refractivity contribution in [3.8, 4) is 11.1 Å². The van der Waals surface area contributed by atoms with E-state index in [2.05, 4.69) is 107 Å². The maximum Gasteiger partial charge on any atom is 0.195 e. The first-order valence-corrected chi connectivity index (χ1v) is 21.3. The Bertz CT molecular complexity index is 2070. The van der Waals surface area contributed by atoms with Gasteiger partial charge in [-0.2, -0.15) is 0 Å². The summed E-state index contributed by atoms with van der Waals surface area (Å²) in [6.07, 6.45) is 10.9. The monoisotopic (exact) mass is 736 g/mol. The quantitative estimate of drug-likeness (QED) is 0.117. The first-order chi connectivity index (χ1) is 25.6. The van der Waals surface area contributed by atoms with Crippen LogP contribution < -0.4 is 0 Å². The predicted octanol–water partition coefficient (Wildman–Crippen LogP) is 14.2. The molecule has 1 fully saturated rings. The molecule has 0 N–H and O–H groups in total. The molecule has 5 aromatic rings. The number of benzene rings is 5. The molecule has 5 aromatic carbocycles. The lowest BCUT2D eigenvalue weighted by molar-refractivity contribution is 0.0974. The molecule has 4 heteroatoms. The average Bonchev–Trinajstić information content (AvgIpc) is 3.18. The number of unbranched alkanes of at least 4 members (excludes halogenated alkanes) is 2. The Hall–Kier alpha value is -3.86. The van der Waals surface area contributed by atoms with Gasteiger partial charge in [-0.05, 0) is 108 Å². The van der Waals surface area contributed by atoms with Gasteiger partial charge >= 0.3 is 0 Å². The summed E-state index contributed by atoms with van der Waals surface area (Å²) < 4.78 is 0. The molecule has 0 aliphatic heterocycles. The largest absolute Gasteiger partial charge is 0.289 e. The first-order valence-electron chi connectivity index (χ1n) is 19.7. The highest BCUT2D eigenvalue weighted by Gasteiger charge is 2.34. The summed E-state index contributed by atoms with van der Waals surface area (Å²) in [7, 11) is 0. The van der Waals surface area contributed by atoms with Crippen molar-refractivity contribution in [1.29, 1.82) is 0 Å². The minimum absolute atomic E-state index is 0.0668. The number of carbonyl (C=O) groups is 2. The summed E-state index contributed by atoms with van der Waals surface area (Å²) in [6, 6.07) is 37.8. The number of fused-ring (bicyclic) bond motifs is 2. The molecule has 0 aromatic heterocycles. The van der Waals surface area contributed by atoms with Gasteiger partial charge in [0, 0.05) is 41.8 Å². The van der Waals surface area contributed by atoms with Gasteiger partial charge < -0.3 is 0 Å².